The number of carbonyl (C=O) groups is 2. The van der Waals surface area contributed by atoms with Gasteiger partial charge >= 0.3 is 5.97 Å². The summed E-state index contributed by atoms with van der Waals surface area (Å²) in [4.78, 5) is 24.3. The van der Waals surface area contributed by atoms with Crippen LogP contribution in [0.3, 0.4) is 0 Å². The molecular weight excluding hydrogens is 476 g/mol. The number of nitrogens with one attached hydrogen (secondary N) is 1. The van der Waals surface area contributed by atoms with Gasteiger partial charge in [-0.2, -0.15) is 4.31 Å². The number of sulfonamides is 1. The zero-order valence-corrected chi connectivity index (χ0v) is 18.7. The number of hydrogen-bond donors (Lipinski definition) is 1. The minimum Gasteiger partial charge on any atom is -0.495 e. The third-order valence-electron chi connectivity index (χ3n) is 4.54. The molecule has 0 aliphatic carbocycles. The van der Waals surface area contributed by atoms with Gasteiger partial charge in [0.05, 0.1) is 12.7 Å². The molecular formula is C20H21BrN2O6S. The first-order chi connectivity index (χ1) is 14.3. The Kier molecular flexibility index (Phi) is 7.11. The molecule has 8 nitrogen and oxygen atoms in total. The molecule has 0 saturated carbocycles. The van der Waals surface area contributed by atoms with Gasteiger partial charge in [0.2, 0.25) is 10.0 Å². The molecule has 1 aliphatic rings. The molecule has 1 amide bonds. The molecule has 0 radical (unpaired) electrons. The van der Waals surface area contributed by atoms with E-state index in [1.54, 1.807) is 24.3 Å². The van der Waals surface area contributed by atoms with Gasteiger partial charge in [0.25, 0.3) is 5.91 Å². The van der Waals surface area contributed by atoms with Crippen molar-refractivity contribution in [1.29, 1.82) is 0 Å². The van der Waals surface area contributed by atoms with Crippen LogP contribution in [0.15, 0.2) is 51.8 Å². The van der Waals surface area contributed by atoms with E-state index in [4.69, 9.17) is 9.47 Å². The van der Waals surface area contributed by atoms with Gasteiger partial charge in [0.1, 0.15) is 10.6 Å². The molecule has 0 bridgehead atoms. The predicted molar refractivity (Wildman–Crippen MR) is 114 cm³/mol. The SMILES string of the molecule is COc1ccc(C(=O)OCC(=O)Nc2ccc(Br)cc2)cc1S(=O)(=O)N1CCCC1. The molecule has 1 N–H and O–H groups in total. The first kappa shape index (κ1) is 22.3. The van der Waals surface area contributed by atoms with Crippen molar-refractivity contribution in [1.82, 2.24) is 4.31 Å². The lowest BCUT2D eigenvalue weighted by Crippen LogP contribution is -2.28. The van der Waals surface area contributed by atoms with Crippen LogP contribution in [0.2, 0.25) is 0 Å². The smallest absolute Gasteiger partial charge is 0.338 e. The Balaban J connectivity index is 1.70. The molecule has 160 valence electrons. The van der Waals surface area contributed by atoms with Crippen LogP contribution < -0.4 is 10.1 Å². The number of nitrogens with zero attached hydrogens (tertiary/aromatic N) is 1. The standard InChI is InChI=1S/C20H21BrN2O6S/c1-28-17-9-4-14(12-18(17)30(26,27)23-10-2-3-11-23)20(25)29-13-19(24)22-16-7-5-15(21)6-8-16/h4-9,12H,2-3,10-11,13H2,1H3,(H,22,24). The van der Waals surface area contributed by atoms with Crippen molar-refractivity contribution in [2.45, 2.75) is 17.7 Å². The van der Waals surface area contributed by atoms with E-state index in [0.717, 1.165) is 17.3 Å². The summed E-state index contributed by atoms with van der Waals surface area (Å²) in [5.74, 6) is -1.17. The summed E-state index contributed by atoms with van der Waals surface area (Å²) >= 11 is 3.30. The fraction of sp³-hybridized carbons (Fsp3) is 0.300. The fourth-order valence-corrected chi connectivity index (χ4v) is 4.98. The maximum absolute atomic E-state index is 12.9. The Bertz CT molecular complexity index is 1030. The van der Waals surface area contributed by atoms with Crippen LogP contribution in [0, 0.1) is 0 Å². The molecule has 0 atom stereocenters. The first-order valence-corrected chi connectivity index (χ1v) is 11.5. The maximum Gasteiger partial charge on any atom is 0.338 e. The second-order valence-corrected chi connectivity index (χ2v) is 9.43. The van der Waals surface area contributed by atoms with Crippen LogP contribution in [-0.4, -0.2) is 51.4 Å². The number of ether oxygens (including phenoxy) is 2. The number of halogens is 1. The molecule has 2 aromatic rings. The van der Waals surface area contributed by atoms with Crippen LogP contribution >= 0.6 is 15.9 Å². The van der Waals surface area contributed by atoms with E-state index in [0.29, 0.717) is 18.8 Å². The van der Waals surface area contributed by atoms with E-state index in [2.05, 4.69) is 21.2 Å². The van der Waals surface area contributed by atoms with Gasteiger partial charge in [0.15, 0.2) is 6.61 Å². The lowest BCUT2D eigenvalue weighted by Gasteiger charge is -2.18. The number of esters is 1. The van der Waals surface area contributed by atoms with E-state index in [1.165, 1.54) is 29.6 Å². The van der Waals surface area contributed by atoms with Gasteiger partial charge in [-0.1, -0.05) is 15.9 Å². The van der Waals surface area contributed by atoms with Gasteiger partial charge in [-0.15, -0.1) is 0 Å². The molecule has 0 aromatic heterocycles. The number of hydrogen-bond acceptors (Lipinski definition) is 6. The highest BCUT2D eigenvalue weighted by Crippen LogP contribution is 2.30. The zero-order valence-electron chi connectivity index (χ0n) is 16.3. The molecule has 0 spiro atoms. The van der Waals surface area contributed by atoms with Crippen molar-refractivity contribution in [3.63, 3.8) is 0 Å². The summed E-state index contributed by atoms with van der Waals surface area (Å²) in [7, 11) is -2.43. The summed E-state index contributed by atoms with van der Waals surface area (Å²) in [6, 6.07) is 11.0. The average Bonchev–Trinajstić information content (AvgIpc) is 3.29. The van der Waals surface area contributed by atoms with E-state index in [-0.39, 0.29) is 16.2 Å². The van der Waals surface area contributed by atoms with E-state index >= 15 is 0 Å². The monoisotopic (exact) mass is 496 g/mol. The average molecular weight is 497 g/mol. The van der Waals surface area contributed by atoms with Gasteiger partial charge in [0, 0.05) is 23.2 Å². The third-order valence-corrected chi connectivity index (χ3v) is 6.99. The lowest BCUT2D eigenvalue weighted by atomic mass is 10.2. The molecule has 1 heterocycles. The van der Waals surface area contributed by atoms with Crippen LogP contribution in [0.25, 0.3) is 0 Å². The zero-order chi connectivity index (χ0) is 21.7. The molecule has 1 fully saturated rings. The van der Waals surface area contributed by atoms with Crippen molar-refractivity contribution in [3.8, 4) is 5.75 Å². The molecule has 3 rings (SSSR count). The predicted octanol–water partition coefficient (Wildman–Crippen LogP) is 3.04. The number of anilines is 1. The van der Waals surface area contributed by atoms with Crippen molar-refractivity contribution in [2.75, 3.05) is 32.1 Å². The van der Waals surface area contributed by atoms with Crippen LogP contribution in [-0.2, 0) is 19.6 Å². The second kappa shape index (κ2) is 9.59. The second-order valence-electron chi connectivity index (χ2n) is 6.61. The van der Waals surface area contributed by atoms with Crippen LogP contribution in [0.4, 0.5) is 5.69 Å². The highest BCUT2D eigenvalue weighted by molar-refractivity contribution is 9.10. The molecule has 2 aromatic carbocycles. The lowest BCUT2D eigenvalue weighted by molar-refractivity contribution is -0.119. The Hall–Kier alpha value is -2.43. The summed E-state index contributed by atoms with van der Waals surface area (Å²) in [5.41, 5.74) is 0.577. The summed E-state index contributed by atoms with van der Waals surface area (Å²) in [5, 5.41) is 2.61. The molecule has 30 heavy (non-hydrogen) atoms. The summed E-state index contributed by atoms with van der Waals surface area (Å²) < 4.78 is 38.3. The summed E-state index contributed by atoms with van der Waals surface area (Å²) in [6.07, 6.45) is 1.58. The Morgan fingerprint density at radius 1 is 1.10 bits per heavy atom. The molecule has 1 aliphatic heterocycles. The summed E-state index contributed by atoms with van der Waals surface area (Å²) in [6.45, 7) is 0.349. The highest BCUT2D eigenvalue weighted by atomic mass is 79.9. The third kappa shape index (κ3) is 5.18. The fourth-order valence-electron chi connectivity index (χ4n) is 3.02. The highest BCUT2D eigenvalue weighted by Gasteiger charge is 2.30. The van der Waals surface area contributed by atoms with Crippen LogP contribution in [0.1, 0.15) is 23.2 Å². The minimum absolute atomic E-state index is 0.0185. The van der Waals surface area contributed by atoms with Crippen molar-refractivity contribution < 1.29 is 27.5 Å². The first-order valence-electron chi connectivity index (χ1n) is 9.22. The van der Waals surface area contributed by atoms with Crippen LogP contribution in [0.5, 0.6) is 5.75 Å². The van der Waals surface area contributed by atoms with Gasteiger partial charge in [-0.3, -0.25) is 4.79 Å². The minimum atomic E-state index is -3.80. The van der Waals surface area contributed by atoms with Gasteiger partial charge < -0.3 is 14.8 Å². The Morgan fingerprint density at radius 2 is 1.77 bits per heavy atom. The number of rotatable bonds is 7. The van der Waals surface area contributed by atoms with Gasteiger partial charge in [-0.25, -0.2) is 13.2 Å². The molecule has 10 heteroatoms. The normalized spacial score (nSPS) is 14.3. The quantitative estimate of drug-likeness (QED) is 0.591. The molecule has 0 unspecified atom stereocenters. The van der Waals surface area contributed by atoms with Gasteiger partial charge in [-0.05, 0) is 55.3 Å². The largest absolute Gasteiger partial charge is 0.495 e. The van der Waals surface area contributed by atoms with E-state index in [9.17, 15) is 18.0 Å². The Labute approximate surface area is 183 Å². The Morgan fingerprint density at radius 3 is 2.40 bits per heavy atom. The topological polar surface area (TPSA) is 102 Å². The van der Waals surface area contributed by atoms with Crippen molar-refractivity contribution in [3.05, 3.63) is 52.5 Å². The molecule has 1 saturated heterocycles. The number of benzene rings is 2. The number of carbonyl (C=O) groups excluding carboxylic acids is 2. The van der Waals surface area contributed by atoms with E-state index in [1.807, 2.05) is 0 Å². The number of amides is 1. The van der Waals surface area contributed by atoms with Crippen molar-refractivity contribution >= 4 is 43.5 Å². The van der Waals surface area contributed by atoms with Crippen molar-refractivity contribution in [2.24, 2.45) is 0 Å². The van der Waals surface area contributed by atoms with E-state index < -0.39 is 28.5 Å². The number of methoxy groups -OCH3 is 1. The maximum atomic E-state index is 12.9.